The van der Waals surface area contributed by atoms with Gasteiger partial charge in [-0.1, -0.05) is 6.58 Å². The number of fused-ring (bicyclic) bond motifs is 1. The molecule has 0 radical (unpaired) electrons. The number of nitrogens with two attached hydrogens (primary N) is 2. The van der Waals surface area contributed by atoms with Gasteiger partial charge in [0.1, 0.15) is 12.1 Å². The molecule has 0 aliphatic rings. The van der Waals surface area contributed by atoms with Gasteiger partial charge in [0, 0.05) is 16.8 Å². The second kappa shape index (κ2) is 7.94. The number of nitrogens with one attached hydrogen (secondary N) is 2. The third kappa shape index (κ3) is 4.65. The fraction of sp³-hybridized carbons (Fsp3) is 0. The molecule has 10 nitrogen and oxygen atoms in total. The van der Waals surface area contributed by atoms with Crippen molar-refractivity contribution in [1.82, 2.24) is 9.97 Å². The predicted molar refractivity (Wildman–Crippen MR) is 111 cm³/mol. The van der Waals surface area contributed by atoms with Crippen molar-refractivity contribution in [1.29, 1.82) is 0 Å². The van der Waals surface area contributed by atoms with Crippen LogP contribution >= 0.6 is 0 Å². The molecule has 1 aromatic heterocycles. The highest BCUT2D eigenvalue weighted by molar-refractivity contribution is 7.90. The molecule has 0 aliphatic heterocycles. The lowest BCUT2D eigenvalue weighted by molar-refractivity contribution is -0.111. The van der Waals surface area contributed by atoms with Crippen LogP contribution in [-0.2, 0) is 14.8 Å². The Morgan fingerprint density at radius 3 is 2.41 bits per heavy atom. The number of hydrogen-bond acceptors (Lipinski definition) is 6. The van der Waals surface area contributed by atoms with Crippen molar-refractivity contribution < 1.29 is 13.2 Å². The second-order valence-electron chi connectivity index (χ2n) is 5.79. The summed E-state index contributed by atoms with van der Waals surface area (Å²) in [6.45, 7) is 3.42. The van der Waals surface area contributed by atoms with Gasteiger partial charge >= 0.3 is 0 Å². The van der Waals surface area contributed by atoms with Crippen LogP contribution in [0.4, 0.5) is 17.2 Å². The van der Waals surface area contributed by atoms with Crippen LogP contribution in [0.5, 0.6) is 0 Å². The van der Waals surface area contributed by atoms with Gasteiger partial charge in [0.15, 0.2) is 0 Å². The molecule has 0 fully saturated rings. The van der Waals surface area contributed by atoms with Crippen LogP contribution in [-0.4, -0.2) is 30.3 Å². The van der Waals surface area contributed by atoms with Gasteiger partial charge in [0.05, 0.1) is 10.4 Å². The van der Waals surface area contributed by atoms with E-state index in [4.69, 9.17) is 11.5 Å². The van der Waals surface area contributed by atoms with Crippen molar-refractivity contribution in [2.75, 3.05) is 10.6 Å². The lowest BCUT2D eigenvalue weighted by atomic mass is 10.2. The van der Waals surface area contributed by atoms with Crippen LogP contribution in [0, 0.1) is 0 Å². The molecule has 1 amide bonds. The molecule has 2 aromatic carbocycles. The first-order valence-electron chi connectivity index (χ1n) is 8.20. The molecular weight excluding hydrogens is 394 g/mol. The number of guanidine groups is 1. The third-order valence-electron chi connectivity index (χ3n) is 3.73. The Hall–Kier alpha value is -3.99. The number of aromatic nitrogens is 2. The molecular formula is C18H17N7O3S. The Kier molecular flexibility index (Phi) is 5.41. The standard InChI is InChI=1S/C18H17N7O3S/c1-2-16(26)23-12-5-8-15-14(9-12)17(22-10-21-15)24-11-3-6-13(7-4-11)29(27,28)25-18(19)20/h2-10H,1H2,(H,23,26)(H4,19,20,25)(H,21,22,24). The van der Waals surface area contributed by atoms with Gasteiger partial charge in [-0.15, -0.1) is 4.40 Å². The molecule has 0 atom stereocenters. The highest BCUT2D eigenvalue weighted by Crippen LogP contribution is 2.26. The second-order valence-corrected chi connectivity index (χ2v) is 7.39. The fourth-order valence-electron chi connectivity index (χ4n) is 2.47. The molecule has 148 valence electrons. The molecule has 3 aromatic rings. The van der Waals surface area contributed by atoms with Crippen LogP contribution in [0.25, 0.3) is 10.9 Å². The molecule has 0 aliphatic carbocycles. The summed E-state index contributed by atoms with van der Waals surface area (Å²) in [5, 5.41) is 6.43. The summed E-state index contributed by atoms with van der Waals surface area (Å²) in [6.07, 6.45) is 2.56. The van der Waals surface area contributed by atoms with Crippen LogP contribution in [0.1, 0.15) is 0 Å². The molecule has 11 heteroatoms. The maximum atomic E-state index is 12.0. The Bertz CT molecular complexity index is 1220. The molecule has 0 spiro atoms. The number of hydrogen-bond donors (Lipinski definition) is 4. The van der Waals surface area contributed by atoms with Gasteiger partial charge < -0.3 is 22.1 Å². The average Bonchev–Trinajstić information content (AvgIpc) is 2.68. The number of sulfonamides is 1. The summed E-state index contributed by atoms with van der Waals surface area (Å²) in [5.41, 5.74) is 12.1. The first-order valence-corrected chi connectivity index (χ1v) is 9.64. The number of nitrogens with zero attached hydrogens (tertiary/aromatic N) is 3. The summed E-state index contributed by atoms with van der Waals surface area (Å²) in [6, 6.07) is 11.0. The quantitative estimate of drug-likeness (QED) is 0.269. The van der Waals surface area contributed by atoms with E-state index in [0.717, 1.165) is 0 Å². The van der Waals surface area contributed by atoms with Gasteiger partial charge in [0.2, 0.25) is 11.9 Å². The SMILES string of the molecule is C=CC(=O)Nc1ccc2ncnc(Nc3ccc(S(=O)(=O)N=C(N)N)cc3)c2c1. The highest BCUT2D eigenvalue weighted by Gasteiger charge is 2.13. The number of carbonyl (C=O) groups is 1. The Morgan fingerprint density at radius 1 is 1.07 bits per heavy atom. The van der Waals surface area contributed by atoms with E-state index in [0.29, 0.717) is 28.1 Å². The van der Waals surface area contributed by atoms with Gasteiger partial charge in [-0.25, -0.2) is 9.97 Å². The number of anilines is 3. The van der Waals surface area contributed by atoms with Crippen LogP contribution in [0.3, 0.4) is 0 Å². The van der Waals surface area contributed by atoms with E-state index in [1.807, 2.05) is 0 Å². The largest absolute Gasteiger partial charge is 0.369 e. The zero-order chi connectivity index (χ0) is 21.0. The molecule has 3 rings (SSSR count). The minimum atomic E-state index is -3.97. The maximum absolute atomic E-state index is 12.0. The van der Waals surface area contributed by atoms with E-state index in [9.17, 15) is 13.2 Å². The van der Waals surface area contributed by atoms with Crippen molar-refractivity contribution in [2.24, 2.45) is 15.9 Å². The summed E-state index contributed by atoms with van der Waals surface area (Å²) in [4.78, 5) is 19.9. The van der Waals surface area contributed by atoms with Crippen molar-refractivity contribution in [3.8, 4) is 0 Å². The Morgan fingerprint density at radius 2 is 1.76 bits per heavy atom. The van der Waals surface area contributed by atoms with Gasteiger partial charge in [-0.05, 0) is 48.5 Å². The first-order chi connectivity index (χ1) is 13.8. The fourth-order valence-corrected chi connectivity index (χ4v) is 3.33. The summed E-state index contributed by atoms with van der Waals surface area (Å²) >= 11 is 0. The lowest BCUT2D eigenvalue weighted by Gasteiger charge is -2.10. The minimum absolute atomic E-state index is 0.0570. The Labute approximate surface area is 166 Å². The highest BCUT2D eigenvalue weighted by atomic mass is 32.2. The number of carbonyl (C=O) groups excluding carboxylic acids is 1. The molecule has 0 saturated carbocycles. The van der Waals surface area contributed by atoms with Crippen molar-refractivity contribution >= 4 is 50.0 Å². The number of amides is 1. The van der Waals surface area contributed by atoms with E-state index < -0.39 is 16.0 Å². The predicted octanol–water partition coefficient (Wildman–Crippen LogP) is 1.46. The van der Waals surface area contributed by atoms with E-state index >= 15 is 0 Å². The maximum Gasteiger partial charge on any atom is 0.285 e. The van der Waals surface area contributed by atoms with Crippen molar-refractivity contribution in [3.05, 3.63) is 61.4 Å². The summed E-state index contributed by atoms with van der Waals surface area (Å²) in [5.74, 6) is -0.406. The molecule has 1 heterocycles. The summed E-state index contributed by atoms with van der Waals surface area (Å²) < 4.78 is 27.3. The first kappa shape index (κ1) is 19.8. The van der Waals surface area contributed by atoms with Crippen molar-refractivity contribution in [2.45, 2.75) is 4.90 Å². The van der Waals surface area contributed by atoms with Crippen LogP contribution < -0.4 is 22.1 Å². The molecule has 0 bridgehead atoms. The smallest absolute Gasteiger partial charge is 0.285 e. The lowest BCUT2D eigenvalue weighted by Crippen LogP contribution is -2.24. The zero-order valence-electron chi connectivity index (χ0n) is 15.0. The van der Waals surface area contributed by atoms with E-state index in [1.54, 1.807) is 30.3 Å². The number of rotatable bonds is 6. The molecule has 29 heavy (non-hydrogen) atoms. The number of benzene rings is 2. The van der Waals surface area contributed by atoms with Gasteiger partial charge in [0.25, 0.3) is 10.0 Å². The van der Waals surface area contributed by atoms with Gasteiger partial charge in [-0.2, -0.15) is 8.42 Å². The Balaban J connectivity index is 1.91. The normalized spacial score (nSPS) is 10.9. The monoisotopic (exact) mass is 411 g/mol. The average molecular weight is 411 g/mol. The van der Waals surface area contributed by atoms with E-state index in [1.165, 1.54) is 24.5 Å². The molecule has 0 unspecified atom stereocenters. The van der Waals surface area contributed by atoms with Crippen LogP contribution in [0.2, 0.25) is 0 Å². The zero-order valence-corrected chi connectivity index (χ0v) is 15.8. The van der Waals surface area contributed by atoms with Crippen molar-refractivity contribution in [3.63, 3.8) is 0 Å². The van der Waals surface area contributed by atoms with E-state index in [2.05, 4.69) is 31.6 Å². The molecule has 0 saturated heterocycles. The third-order valence-corrected chi connectivity index (χ3v) is 5.05. The summed E-state index contributed by atoms with van der Waals surface area (Å²) in [7, 11) is -3.97. The topological polar surface area (TPSA) is 165 Å². The van der Waals surface area contributed by atoms with Crippen LogP contribution in [0.15, 0.2) is 70.7 Å². The van der Waals surface area contributed by atoms with E-state index in [-0.39, 0.29) is 10.8 Å². The molecule has 6 N–H and O–H groups in total. The van der Waals surface area contributed by atoms with Gasteiger partial charge in [-0.3, -0.25) is 4.79 Å². The minimum Gasteiger partial charge on any atom is -0.369 e.